The summed E-state index contributed by atoms with van der Waals surface area (Å²) in [6, 6.07) is 66.2. The molecule has 0 saturated heterocycles. The van der Waals surface area contributed by atoms with E-state index in [0.29, 0.717) is 0 Å². The molecule has 49 heavy (non-hydrogen) atoms. The third-order valence-electron chi connectivity index (χ3n) is 9.75. The van der Waals surface area contributed by atoms with Gasteiger partial charge in [-0.05, 0) is 77.2 Å². The van der Waals surface area contributed by atoms with Crippen molar-refractivity contribution in [2.75, 3.05) is 4.90 Å². The molecule has 3 heteroatoms. The molecule has 2 nitrogen and oxygen atoms in total. The number of aromatic nitrogens is 1. The Labute approximate surface area is 288 Å². The van der Waals surface area contributed by atoms with Crippen LogP contribution in [0.1, 0.15) is 0 Å². The molecule has 0 unspecified atom stereocenters. The molecular formula is C46H30N2S. The van der Waals surface area contributed by atoms with E-state index in [0.717, 1.165) is 17.1 Å². The van der Waals surface area contributed by atoms with Gasteiger partial charge < -0.3 is 9.47 Å². The van der Waals surface area contributed by atoms with E-state index in [-0.39, 0.29) is 0 Å². The molecule has 0 aliphatic heterocycles. The summed E-state index contributed by atoms with van der Waals surface area (Å²) in [5, 5.41) is 7.63. The smallest absolute Gasteiger partial charge is 0.0547 e. The number of hydrogen-bond donors (Lipinski definition) is 0. The zero-order valence-corrected chi connectivity index (χ0v) is 27.4. The highest BCUT2D eigenvalue weighted by atomic mass is 32.1. The van der Waals surface area contributed by atoms with Crippen LogP contribution in [0, 0.1) is 0 Å². The lowest BCUT2D eigenvalue weighted by Crippen LogP contribution is -2.09. The van der Waals surface area contributed by atoms with E-state index >= 15 is 0 Å². The first kappa shape index (κ1) is 27.9. The van der Waals surface area contributed by atoms with E-state index in [1.807, 2.05) is 11.3 Å². The number of benzene rings is 8. The fourth-order valence-corrected chi connectivity index (χ4v) is 8.65. The van der Waals surface area contributed by atoms with Crippen molar-refractivity contribution >= 4 is 81.1 Å². The average molecular weight is 643 g/mol. The second-order valence-electron chi connectivity index (χ2n) is 12.6. The van der Waals surface area contributed by atoms with Gasteiger partial charge in [0.05, 0.1) is 16.7 Å². The summed E-state index contributed by atoms with van der Waals surface area (Å²) in [5.74, 6) is 0. The van der Waals surface area contributed by atoms with Crippen molar-refractivity contribution in [3.05, 3.63) is 182 Å². The van der Waals surface area contributed by atoms with E-state index in [4.69, 9.17) is 0 Å². The van der Waals surface area contributed by atoms with Crippen molar-refractivity contribution in [1.29, 1.82) is 0 Å². The SMILES string of the molecule is c1ccc(N(c2cccc(-c3ccc4c5ccccc5n(-c5cccc6ccccc56)c4c3)c2)c2ccc3c(c2)sc2ccccc23)cc1. The van der Waals surface area contributed by atoms with Crippen LogP contribution in [0.5, 0.6) is 0 Å². The van der Waals surface area contributed by atoms with Crippen LogP contribution >= 0.6 is 11.3 Å². The van der Waals surface area contributed by atoms with Gasteiger partial charge in [0.1, 0.15) is 0 Å². The molecular weight excluding hydrogens is 613 g/mol. The second-order valence-corrected chi connectivity index (χ2v) is 13.7. The normalized spacial score (nSPS) is 11.7. The molecule has 10 aromatic rings. The van der Waals surface area contributed by atoms with Crippen LogP contribution < -0.4 is 4.90 Å². The van der Waals surface area contributed by atoms with Crippen LogP contribution in [-0.4, -0.2) is 4.57 Å². The average Bonchev–Trinajstić information content (AvgIpc) is 3.70. The molecule has 0 amide bonds. The number of rotatable bonds is 5. The van der Waals surface area contributed by atoms with Gasteiger partial charge in [-0.25, -0.2) is 0 Å². The third-order valence-corrected chi connectivity index (χ3v) is 10.9. The van der Waals surface area contributed by atoms with Crippen molar-refractivity contribution in [3.63, 3.8) is 0 Å². The molecule has 2 heterocycles. The third kappa shape index (κ3) is 4.55. The summed E-state index contributed by atoms with van der Waals surface area (Å²) >= 11 is 1.86. The van der Waals surface area contributed by atoms with Crippen LogP contribution in [0.15, 0.2) is 182 Å². The summed E-state index contributed by atoms with van der Waals surface area (Å²) in [7, 11) is 0. The molecule has 0 N–H and O–H groups in total. The number of nitrogens with zero attached hydrogens (tertiary/aromatic N) is 2. The van der Waals surface area contributed by atoms with E-state index < -0.39 is 0 Å². The Morgan fingerprint density at radius 1 is 0.367 bits per heavy atom. The van der Waals surface area contributed by atoms with Gasteiger partial charge in [-0.3, -0.25) is 0 Å². The van der Waals surface area contributed by atoms with Gasteiger partial charge in [-0.2, -0.15) is 0 Å². The van der Waals surface area contributed by atoms with Crippen LogP contribution in [0.25, 0.3) is 69.6 Å². The predicted molar refractivity (Wildman–Crippen MR) is 211 cm³/mol. The van der Waals surface area contributed by atoms with Gasteiger partial charge in [0.15, 0.2) is 0 Å². The van der Waals surface area contributed by atoms with Crippen LogP contribution in [0.4, 0.5) is 17.1 Å². The maximum Gasteiger partial charge on any atom is 0.0547 e. The minimum atomic E-state index is 1.12. The Hall–Kier alpha value is -6.16. The van der Waals surface area contributed by atoms with Crippen molar-refractivity contribution in [1.82, 2.24) is 4.57 Å². The second kappa shape index (κ2) is 11.2. The monoisotopic (exact) mass is 642 g/mol. The molecule has 0 aliphatic rings. The summed E-state index contributed by atoms with van der Waals surface area (Å²) in [4.78, 5) is 2.37. The lowest BCUT2D eigenvalue weighted by atomic mass is 10.0. The van der Waals surface area contributed by atoms with E-state index in [1.54, 1.807) is 0 Å². The quantitative estimate of drug-likeness (QED) is 0.181. The Kier molecular flexibility index (Phi) is 6.39. The van der Waals surface area contributed by atoms with E-state index in [9.17, 15) is 0 Å². The van der Waals surface area contributed by atoms with Gasteiger partial charge in [-0.15, -0.1) is 11.3 Å². The highest BCUT2D eigenvalue weighted by Crippen LogP contribution is 2.42. The fourth-order valence-electron chi connectivity index (χ4n) is 7.52. The lowest BCUT2D eigenvalue weighted by Gasteiger charge is -2.26. The van der Waals surface area contributed by atoms with Gasteiger partial charge in [0.2, 0.25) is 0 Å². The largest absolute Gasteiger partial charge is 0.310 e. The zero-order valence-electron chi connectivity index (χ0n) is 26.6. The predicted octanol–water partition coefficient (Wildman–Crippen LogP) is 13.4. The topological polar surface area (TPSA) is 8.17 Å². The van der Waals surface area contributed by atoms with Crippen molar-refractivity contribution in [2.45, 2.75) is 0 Å². The lowest BCUT2D eigenvalue weighted by molar-refractivity contribution is 1.20. The molecule has 8 aromatic carbocycles. The maximum atomic E-state index is 2.44. The molecule has 0 fully saturated rings. The number of anilines is 3. The molecule has 10 rings (SSSR count). The molecule has 2 aromatic heterocycles. The standard InChI is InChI=1S/C46H30N2S/c1-2-15-34(16-3-1)47(36-25-27-41-40-20-7-9-23-45(40)49-46(41)30-36)35-17-10-14-32(28-35)33-24-26-39-38-19-6-8-21-43(38)48(44(39)29-33)42-22-11-13-31-12-4-5-18-37(31)42/h1-30H. The summed E-state index contributed by atoms with van der Waals surface area (Å²) in [6.07, 6.45) is 0. The number of thiophene rings is 1. The highest BCUT2D eigenvalue weighted by Gasteiger charge is 2.17. The van der Waals surface area contributed by atoms with Crippen LogP contribution in [0.3, 0.4) is 0 Å². The minimum Gasteiger partial charge on any atom is -0.310 e. The highest BCUT2D eigenvalue weighted by molar-refractivity contribution is 7.25. The van der Waals surface area contributed by atoms with Crippen molar-refractivity contribution in [3.8, 4) is 16.8 Å². The fraction of sp³-hybridized carbons (Fsp3) is 0. The summed E-state index contributed by atoms with van der Waals surface area (Å²) in [5.41, 5.74) is 9.38. The van der Waals surface area contributed by atoms with Gasteiger partial charge in [0, 0.05) is 53.4 Å². The van der Waals surface area contributed by atoms with Crippen LogP contribution in [-0.2, 0) is 0 Å². The van der Waals surface area contributed by atoms with E-state index in [2.05, 4.69) is 191 Å². The Morgan fingerprint density at radius 2 is 1.00 bits per heavy atom. The molecule has 0 bridgehead atoms. The van der Waals surface area contributed by atoms with E-state index in [1.165, 1.54) is 69.6 Å². The maximum absolute atomic E-state index is 2.44. The van der Waals surface area contributed by atoms with Gasteiger partial charge >= 0.3 is 0 Å². The summed E-state index contributed by atoms with van der Waals surface area (Å²) in [6.45, 7) is 0. The molecule has 0 spiro atoms. The Balaban J connectivity index is 1.15. The molecule has 230 valence electrons. The first-order chi connectivity index (χ1) is 24.3. The molecule has 0 atom stereocenters. The first-order valence-corrected chi connectivity index (χ1v) is 17.5. The van der Waals surface area contributed by atoms with Crippen molar-refractivity contribution in [2.24, 2.45) is 0 Å². The summed E-state index contributed by atoms with van der Waals surface area (Å²) < 4.78 is 5.05. The van der Waals surface area contributed by atoms with Gasteiger partial charge in [0.25, 0.3) is 0 Å². The first-order valence-electron chi connectivity index (χ1n) is 16.7. The Bertz CT molecular complexity index is 2840. The number of fused-ring (bicyclic) bond motifs is 7. The molecule has 0 saturated carbocycles. The van der Waals surface area contributed by atoms with Crippen LogP contribution in [0.2, 0.25) is 0 Å². The number of hydrogen-bond acceptors (Lipinski definition) is 2. The Morgan fingerprint density at radius 3 is 1.92 bits per heavy atom. The molecule has 0 aliphatic carbocycles. The zero-order chi connectivity index (χ0) is 32.3. The van der Waals surface area contributed by atoms with Crippen molar-refractivity contribution < 1.29 is 0 Å². The number of para-hydroxylation sites is 2. The minimum absolute atomic E-state index is 1.12. The molecule has 0 radical (unpaired) electrons. The van der Waals surface area contributed by atoms with Gasteiger partial charge in [-0.1, -0.05) is 121 Å².